The standard InChI is InChI=1S/C18H22N2O2/c1-11(2)9-15-14(10-19)17(13-7-5-4-6-8-13)16(18(21)22)12(3)20-15/h4-8,11H,9-10,19H2,1-3H3,(H,21,22). The Kier molecular flexibility index (Phi) is 4.93. The fourth-order valence-electron chi connectivity index (χ4n) is 2.76. The number of nitrogens with two attached hydrogens (primary N) is 1. The molecule has 2 rings (SSSR count). The smallest absolute Gasteiger partial charge is 0.338 e. The van der Waals surface area contributed by atoms with Gasteiger partial charge in [0.25, 0.3) is 0 Å². The molecule has 0 saturated heterocycles. The summed E-state index contributed by atoms with van der Waals surface area (Å²) < 4.78 is 0. The van der Waals surface area contributed by atoms with Crippen molar-refractivity contribution in [1.82, 2.24) is 4.98 Å². The first kappa shape index (κ1) is 16.2. The minimum Gasteiger partial charge on any atom is -0.478 e. The molecule has 0 fully saturated rings. The Morgan fingerprint density at radius 1 is 1.27 bits per heavy atom. The van der Waals surface area contributed by atoms with Gasteiger partial charge in [-0.2, -0.15) is 0 Å². The molecule has 1 aromatic carbocycles. The molecule has 0 radical (unpaired) electrons. The van der Waals surface area contributed by atoms with Crippen LogP contribution in [-0.4, -0.2) is 16.1 Å². The lowest BCUT2D eigenvalue weighted by atomic mass is 9.90. The van der Waals surface area contributed by atoms with Crippen LogP contribution in [0, 0.1) is 12.8 Å². The highest BCUT2D eigenvalue weighted by Crippen LogP contribution is 2.32. The van der Waals surface area contributed by atoms with Gasteiger partial charge >= 0.3 is 5.97 Å². The van der Waals surface area contributed by atoms with Crippen molar-refractivity contribution in [2.24, 2.45) is 11.7 Å². The number of carboxylic acid groups (broad SMARTS) is 1. The van der Waals surface area contributed by atoms with Gasteiger partial charge in [-0.1, -0.05) is 44.2 Å². The molecule has 0 amide bonds. The number of hydrogen-bond acceptors (Lipinski definition) is 3. The molecule has 0 saturated carbocycles. The fraction of sp³-hybridized carbons (Fsp3) is 0.333. The van der Waals surface area contributed by atoms with E-state index in [1.807, 2.05) is 30.3 Å². The molecule has 0 aliphatic rings. The molecule has 0 aliphatic heterocycles. The summed E-state index contributed by atoms with van der Waals surface area (Å²) >= 11 is 0. The van der Waals surface area contributed by atoms with Crippen molar-refractivity contribution in [2.75, 3.05) is 0 Å². The quantitative estimate of drug-likeness (QED) is 0.887. The third kappa shape index (κ3) is 3.17. The molecule has 116 valence electrons. The van der Waals surface area contributed by atoms with Crippen molar-refractivity contribution < 1.29 is 9.90 Å². The lowest BCUT2D eigenvalue weighted by Crippen LogP contribution is -2.15. The molecule has 0 unspecified atom stereocenters. The molecule has 0 atom stereocenters. The van der Waals surface area contributed by atoms with Crippen LogP contribution in [0.5, 0.6) is 0 Å². The summed E-state index contributed by atoms with van der Waals surface area (Å²) in [7, 11) is 0. The normalized spacial score (nSPS) is 11.0. The zero-order chi connectivity index (χ0) is 16.3. The number of carboxylic acids is 1. The molecular formula is C18H22N2O2. The predicted molar refractivity (Wildman–Crippen MR) is 87.8 cm³/mol. The van der Waals surface area contributed by atoms with Crippen LogP contribution in [0.15, 0.2) is 30.3 Å². The van der Waals surface area contributed by atoms with Gasteiger partial charge in [-0.05, 0) is 30.4 Å². The topological polar surface area (TPSA) is 76.2 Å². The van der Waals surface area contributed by atoms with Gasteiger partial charge < -0.3 is 10.8 Å². The molecule has 0 aliphatic carbocycles. The maximum atomic E-state index is 11.7. The van der Waals surface area contributed by atoms with Crippen molar-refractivity contribution >= 4 is 5.97 Å². The molecule has 4 nitrogen and oxygen atoms in total. The van der Waals surface area contributed by atoms with Gasteiger partial charge in [0.2, 0.25) is 0 Å². The second-order valence-electron chi connectivity index (χ2n) is 5.85. The van der Waals surface area contributed by atoms with Gasteiger partial charge in [-0.25, -0.2) is 4.79 Å². The minimum absolute atomic E-state index is 0.249. The summed E-state index contributed by atoms with van der Waals surface area (Å²) in [5.74, 6) is -0.536. The van der Waals surface area contributed by atoms with Crippen LogP contribution in [0.3, 0.4) is 0 Å². The first-order valence-corrected chi connectivity index (χ1v) is 7.46. The average Bonchev–Trinajstić information content (AvgIpc) is 2.46. The Morgan fingerprint density at radius 2 is 1.91 bits per heavy atom. The number of benzene rings is 1. The van der Waals surface area contributed by atoms with E-state index in [0.717, 1.165) is 23.2 Å². The Balaban J connectivity index is 2.80. The van der Waals surface area contributed by atoms with Crippen LogP contribution in [0.2, 0.25) is 0 Å². The minimum atomic E-state index is -0.963. The summed E-state index contributed by atoms with van der Waals surface area (Å²) in [6, 6.07) is 9.55. The van der Waals surface area contributed by atoms with E-state index < -0.39 is 5.97 Å². The first-order valence-electron chi connectivity index (χ1n) is 7.46. The van der Waals surface area contributed by atoms with Crippen LogP contribution >= 0.6 is 0 Å². The SMILES string of the molecule is Cc1nc(CC(C)C)c(CN)c(-c2ccccc2)c1C(=O)O. The van der Waals surface area contributed by atoms with Gasteiger partial charge in [0, 0.05) is 17.8 Å². The van der Waals surface area contributed by atoms with E-state index in [0.29, 0.717) is 17.2 Å². The van der Waals surface area contributed by atoms with E-state index in [-0.39, 0.29) is 12.1 Å². The summed E-state index contributed by atoms with van der Waals surface area (Å²) in [5, 5.41) is 9.62. The number of hydrogen-bond donors (Lipinski definition) is 2. The number of nitrogens with zero attached hydrogens (tertiary/aromatic N) is 1. The van der Waals surface area contributed by atoms with E-state index in [9.17, 15) is 9.90 Å². The summed E-state index contributed by atoms with van der Waals surface area (Å²) in [5.41, 5.74) is 10.1. The maximum Gasteiger partial charge on any atom is 0.338 e. The number of carbonyl (C=O) groups is 1. The highest BCUT2D eigenvalue weighted by Gasteiger charge is 2.22. The highest BCUT2D eigenvalue weighted by molar-refractivity contribution is 5.98. The molecule has 3 N–H and O–H groups in total. The van der Waals surface area contributed by atoms with E-state index >= 15 is 0 Å². The van der Waals surface area contributed by atoms with Crippen molar-refractivity contribution in [2.45, 2.75) is 33.7 Å². The highest BCUT2D eigenvalue weighted by atomic mass is 16.4. The molecule has 0 spiro atoms. The largest absolute Gasteiger partial charge is 0.478 e. The summed E-state index contributed by atoms with van der Waals surface area (Å²) in [4.78, 5) is 16.3. The number of pyridine rings is 1. The van der Waals surface area contributed by atoms with Crippen LogP contribution < -0.4 is 5.73 Å². The van der Waals surface area contributed by atoms with Crippen molar-refractivity contribution in [3.05, 3.63) is 52.8 Å². The lowest BCUT2D eigenvalue weighted by molar-refractivity contribution is 0.0696. The van der Waals surface area contributed by atoms with Crippen LogP contribution in [-0.2, 0) is 13.0 Å². The molecule has 1 aromatic heterocycles. The Bertz CT molecular complexity index is 679. The second kappa shape index (κ2) is 6.71. The fourth-order valence-corrected chi connectivity index (χ4v) is 2.76. The molecule has 1 heterocycles. The van der Waals surface area contributed by atoms with Crippen LogP contribution in [0.25, 0.3) is 11.1 Å². The van der Waals surface area contributed by atoms with E-state index in [2.05, 4.69) is 18.8 Å². The first-order chi connectivity index (χ1) is 10.5. The van der Waals surface area contributed by atoms with Crippen molar-refractivity contribution in [3.8, 4) is 11.1 Å². The molecular weight excluding hydrogens is 276 g/mol. The van der Waals surface area contributed by atoms with Crippen LogP contribution in [0.4, 0.5) is 0 Å². The second-order valence-corrected chi connectivity index (χ2v) is 5.85. The third-order valence-corrected chi connectivity index (χ3v) is 3.65. The molecule has 0 bridgehead atoms. The van der Waals surface area contributed by atoms with Gasteiger partial charge in [0.15, 0.2) is 0 Å². The Morgan fingerprint density at radius 3 is 2.41 bits per heavy atom. The van der Waals surface area contributed by atoms with Crippen molar-refractivity contribution in [3.63, 3.8) is 0 Å². The van der Waals surface area contributed by atoms with Gasteiger partial charge in [-0.15, -0.1) is 0 Å². The van der Waals surface area contributed by atoms with Gasteiger partial charge in [0.05, 0.1) is 11.3 Å². The zero-order valence-electron chi connectivity index (χ0n) is 13.3. The maximum absolute atomic E-state index is 11.7. The summed E-state index contributed by atoms with van der Waals surface area (Å²) in [6.07, 6.45) is 0.785. The predicted octanol–water partition coefficient (Wildman–Crippen LogP) is 3.41. The number of aryl methyl sites for hydroxylation is 1. The molecule has 4 heteroatoms. The zero-order valence-corrected chi connectivity index (χ0v) is 13.3. The van der Waals surface area contributed by atoms with Crippen LogP contribution in [0.1, 0.15) is 41.2 Å². The number of rotatable bonds is 5. The van der Waals surface area contributed by atoms with E-state index in [1.54, 1.807) is 6.92 Å². The monoisotopic (exact) mass is 298 g/mol. The molecule has 22 heavy (non-hydrogen) atoms. The molecule has 2 aromatic rings. The van der Waals surface area contributed by atoms with E-state index in [4.69, 9.17) is 5.73 Å². The Labute approximate surface area is 131 Å². The summed E-state index contributed by atoms with van der Waals surface area (Å²) in [6.45, 7) is 6.26. The number of aromatic nitrogens is 1. The number of aromatic carboxylic acids is 1. The average molecular weight is 298 g/mol. The van der Waals surface area contributed by atoms with Gasteiger partial charge in [0.1, 0.15) is 0 Å². The van der Waals surface area contributed by atoms with E-state index in [1.165, 1.54) is 0 Å². The third-order valence-electron chi connectivity index (χ3n) is 3.65. The lowest BCUT2D eigenvalue weighted by Gasteiger charge is -2.19. The van der Waals surface area contributed by atoms with Gasteiger partial charge in [-0.3, -0.25) is 4.98 Å². The Hall–Kier alpha value is -2.20. The van der Waals surface area contributed by atoms with Crippen molar-refractivity contribution in [1.29, 1.82) is 0 Å².